The molecule has 1 heterocycles. The van der Waals surface area contributed by atoms with Crippen LogP contribution >= 0.6 is 23.1 Å². The van der Waals surface area contributed by atoms with E-state index < -0.39 is 0 Å². The number of carbonyl (C=O) groups excluding carboxylic acids is 2. The first-order chi connectivity index (χ1) is 12.6. The fraction of sp³-hybridized carbons (Fsp3) is 0.412. The van der Waals surface area contributed by atoms with Crippen molar-refractivity contribution in [1.82, 2.24) is 10.2 Å². The largest absolute Gasteiger partial charge is 0.494 e. The SMILES string of the molecule is CCOc1ccc(NC(=O)CSc2nnc(NC(=O)C3CCC3)s2)cc1. The van der Waals surface area contributed by atoms with E-state index in [2.05, 4.69) is 20.8 Å². The summed E-state index contributed by atoms with van der Waals surface area (Å²) >= 11 is 2.57. The molecule has 0 aliphatic heterocycles. The zero-order chi connectivity index (χ0) is 18.4. The van der Waals surface area contributed by atoms with Crippen molar-refractivity contribution in [3.8, 4) is 5.75 Å². The van der Waals surface area contributed by atoms with Gasteiger partial charge in [0.1, 0.15) is 5.75 Å². The summed E-state index contributed by atoms with van der Waals surface area (Å²) in [6.07, 6.45) is 2.99. The lowest BCUT2D eigenvalue weighted by atomic mass is 9.85. The Morgan fingerprint density at radius 1 is 1.23 bits per heavy atom. The molecule has 0 bridgehead atoms. The van der Waals surface area contributed by atoms with E-state index in [1.807, 2.05) is 19.1 Å². The summed E-state index contributed by atoms with van der Waals surface area (Å²) in [6.45, 7) is 2.53. The molecule has 0 unspecified atom stereocenters. The Balaban J connectivity index is 1.43. The highest BCUT2D eigenvalue weighted by Gasteiger charge is 2.26. The predicted octanol–water partition coefficient (Wildman–Crippen LogP) is 3.41. The average Bonchev–Trinajstić information content (AvgIpc) is 3.01. The number of carbonyl (C=O) groups is 2. The van der Waals surface area contributed by atoms with Crippen LogP contribution in [-0.4, -0.2) is 34.4 Å². The summed E-state index contributed by atoms with van der Waals surface area (Å²) in [5.74, 6) is 0.977. The molecular weight excluding hydrogens is 372 g/mol. The van der Waals surface area contributed by atoms with E-state index in [0.717, 1.165) is 25.0 Å². The minimum absolute atomic E-state index is 0.0113. The van der Waals surface area contributed by atoms with Crippen molar-refractivity contribution in [3.63, 3.8) is 0 Å². The highest BCUT2D eigenvalue weighted by atomic mass is 32.2. The van der Waals surface area contributed by atoms with Crippen LogP contribution in [0, 0.1) is 5.92 Å². The quantitative estimate of drug-likeness (QED) is 0.528. The standard InChI is InChI=1S/C17H20N4O3S2/c1-2-24-13-8-6-12(7-9-13)18-14(22)10-25-17-21-20-16(26-17)19-15(23)11-4-3-5-11/h6-9,11H,2-5,10H2,1H3,(H,18,22)(H,19,20,23). The topological polar surface area (TPSA) is 93.2 Å². The summed E-state index contributed by atoms with van der Waals surface area (Å²) in [5.41, 5.74) is 0.713. The lowest BCUT2D eigenvalue weighted by Gasteiger charge is -2.23. The third kappa shape index (κ3) is 5.18. The van der Waals surface area contributed by atoms with E-state index in [-0.39, 0.29) is 23.5 Å². The van der Waals surface area contributed by atoms with Gasteiger partial charge in [0.25, 0.3) is 0 Å². The fourth-order valence-electron chi connectivity index (χ4n) is 2.32. The van der Waals surface area contributed by atoms with E-state index in [4.69, 9.17) is 4.74 Å². The molecule has 1 aliphatic carbocycles. The van der Waals surface area contributed by atoms with Crippen LogP contribution < -0.4 is 15.4 Å². The van der Waals surface area contributed by atoms with Gasteiger partial charge in [0, 0.05) is 11.6 Å². The van der Waals surface area contributed by atoms with Gasteiger partial charge in [0.05, 0.1) is 12.4 Å². The Hall–Kier alpha value is -2.13. The van der Waals surface area contributed by atoms with Gasteiger partial charge in [-0.2, -0.15) is 0 Å². The molecule has 7 nitrogen and oxygen atoms in total. The first kappa shape index (κ1) is 18.7. The van der Waals surface area contributed by atoms with Crippen LogP contribution in [0.2, 0.25) is 0 Å². The van der Waals surface area contributed by atoms with Gasteiger partial charge in [-0.15, -0.1) is 10.2 Å². The summed E-state index contributed by atoms with van der Waals surface area (Å²) in [5, 5.41) is 14.1. The minimum atomic E-state index is -0.130. The molecule has 3 rings (SSSR count). The average molecular weight is 393 g/mol. The third-order valence-corrected chi connectivity index (χ3v) is 5.86. The van der Waals surface area contributed by atoms with Crippen LogP contribution in [0.4, 0.5) is 10.8 Å². The molecule has 0 atom stereocenters. The zero-order valence-electron chi connectivity index (χ0n) is 14.4. The van der Waals surface area contributed by atoms with Crippen molar-refractivity contribution in [2.24, 2.45) is 5.92 Å². The van der Waals surface area contributed by atoms with Gasteiger partial charge in [0.2, 0.25) is 16.9 Å². The molecule has 0 spiro atoms. The molecule has 138 valence electrons. The summed E-state index contributed by atoms with van der Waals surface area (Å²) < 4.78 is 6.01. The fourth-order valence-corrected chi connectivity index (χ4v) is 3.88. The number of aromatic nitrogens is 2. The molecule has 2 aromatic rings. The van der Waals surface area contributed by atoms with Crippen LogP contribution in [0.25, 0.3) is 0 Å². The van der Waals surface area contributed by atoms with E-state index in [9.17, 15) is 9.59 Å². The highest BCUT2D eigenvalue weighted by Crippen LogP contribution is 2.30. The molecule has 1 aliphatic rings. The van der Waals surface area contributed by atoms with Gasteiger partial charge < -0.3 is 15.4 Å². The molecule has 0 saturated heterocycles. The first-order valence-corrected chi connectivity index (χ1v) is 10.2. The number of rotatable bonds is 8. The van der Waals surface area contributed by atoms with Gasteiger partial charge in [-0.1, -0.05) is 29.5 Å². The normalized spacial score (nSPS) is 13.7. The zero-order valence-corrected chi connectivity index (χ0v) is 16.0. The lowest BCUT2D eigenvalue weighted by Crippen LogP contribution is -2.27. The van der Waals surface area contributed by atoms with Gasteiger partial charge in [-0.3, -0.25) is 9.59 Å². The van der Waals surface area contributed by atoms with Crippen molar-refractivity contribution in [2.75, 3.05) is 23.0 Å². The maximum Gasteiger partial charge on any atom is 0.234 e. The molecule has 1 saturated carbocycles. The predicted molar refractivity (Wildman–Crippen MR) is 103 cm³/mol. The van der Waals surface area contributed by atoms with E-state index in [1.54, 1.807) is 12.1 Å². The van der Waals surface area contributed by atoms with Crippen molar-refractivity contribution in [2.45, 2.75) is 30.5 Å². The highest BCUT2D eigenvalue weighted by molar-refractivity contribution is 8.01. The maximum absolute atomic E-state index is 12.0. The van der Waals surface area contributed by atoms with Crippen LogP contribution in [0.1, 0.15) is 26.2 Å². The van der Waals surface area contributed by atoms with Crippen molar-refractivity contribution < 1.29 is 14.3 Å². The van der Waals surface area contributed by atoms with E-state index >= 15 is 0 Å². The smallest absolute Gasteiger partial charge is 0.234 e. The van der Waals surface area contributed by atoms with Crippen molar-refractivity contribution in [1.29, 1.82) is 0 Å². The number of hydrogen-bond donors (Lipinski definition) is 2. The Bertz CT molecular complexity index is 760. The monoisotopic (exact) mass is 392 g/mol. The molecule has 26 heavy (non-hydrogen) atoms. The molecule has 1 fully saturated rings. The van der Waals surface area contributed by atoms with Crippen molar-refractivity contribution >= 4 is 45.7 Å². The minimum Gasteiger partial charge on any atom is -0.494 e. The Morgan fingerprint density at radius 2 is 2.00 bits per heavy atom. The Labute approximate surface area is 159 Å². The van der Waals surface area contributed by atoms with Gasteiger partial charge in [0.15, 0.2) is 4.34 Å². The number of hydrogen-bond acceptors (Lipinski definition) is 7. The second kappa shape index (κ2) is 9.00. The van der Waals surface area contributed by atoms with Gasteiger partial charge >= 0.3 is 0 Å². The second-order valence-corrected chi connectivity index (χ2v) is 7.98. The van der Waals surface area contributed by atoms with E-state index in [0.29, 0.717) is 21.8 Å². The summed E-state index contributed by atoms with van der Waals surface area (Å²) in [4.78, 5) is 23.9. The second-order valence-electron chi connectivity index (χ2n) is 5.78. The van der Waals surface area contributed by atoms with Gasteiger partial charge in [-0.25, -0.2) is 0 Å². The van der Waals surface area contributed by atoms with E-state index in [1.165, 1.54) is 23.1 Å². The lowest BCUT2D eigenvalue weighted by molar-refractivity contribution is -0.122. The number of nitrogens with one attached hydrogen (secondary N) is 2. The summed E-state index contributed by atoms with van der Waals surface area (Å²) in [6, 6.07) is 7.22. The number of ether oxygens (including phenoxy) is 1. The summed E-state index contributed by atoms with van der Waals surface area (Å²) in [7, 11) is 0. The van der Waals surface area contributed by atoms with Crippen LogP contribution in [0.15, 0.2) is 28.6 Å². The molecule has 9 heteroatoms. The Morgan fingerprint density at radius 3 is 2.65 bits per heavy atom. The molecule has 2 N–H and O–H groups in total. The number of thioether (sulfide) groups is 1. The molecule has 1 aromatic heterocycles. The molecule has 1 aromatic carbocycles. The number of amides is 2. The molecule has 2 amide bonds. The Kier molecular flexibility index (Phi) is 6.45. The maximum atomic E-state index is 12.0. The van der Waals surface area contributed by atoms with Crippen molar-refractivity contribution in [3.05, 3.63) is 24.3 Å². The molecule has 0 radical (unpaired) electrons. The molecular formula is C17H20N4O3S2. The van der Waals surface area contributed by atoms with Gasteiger partial charge in [-0.05, 0) is 44.0 Å². The van der Waals surface area contributed by atoms with Crippen LogP contribution in [0.5, 0.6) is 5.75 Å². The van der Waals surface area contributed by atoms with Crippen LogP contribution in [0.3, 0.4) is 0 Å². The third-order valence-electron chi connectivity index (χ3n) is 3.89. The van der Waals surface area contributed by atoms with Crippen LogP contribution in [-0.2, 0) is 9.59 Å². The first-order valence-electron chi connectivity index (χ1n) is 8.44. The number of benzene rings is 1. The number of anilines is 2. The number of nitrogens with zero attached hydrogens (tertiary/aromatic N) is 2.